The third-order valence-corrected chi connectivity index (χ3v) is 7.20. The number of amides is 1. The quantitative estimate of drug-likeness (QED) is 0.276. The standard InChI is InChI=1S/C31H26F3N5O/c32-31(33,34)27-20-25(22-10-4-1-5-11-22)35-28-21-26(36-39(27)28)30(40)38-18-16-37(17-19-38)29(23-12-6-2-7-13-23)24-14-8-3-9-15-24/h1-15,20-21,29H,16-19H2. The van der Waals surface area contributed by atoms with Crippen molar-refractivity contribution in [2.75, 3.05) is 26.2 Å². The summed E-state index contributed by atoms with van der Waals surface area (Å²) in [6.07, 6.45) is -4.67. The molecule has 1 saturated heterocycles. The molecule has 0 saturated carbocycles. The molecule has 6 nitrogen and oxygen atoms in total. The molecule has 1 fully saturated rings. The molecule has 40 heavy (non-hydrogen) atoms. The first-order valence-corrected chi connectivity index (χ1v) is 13.0. The average molecular weight is 542 g/mol. The van der Waals surface area contributed by atoms with Crippen molar-refractivity contribution < 1.29 is 18.0 Å². The smallest absolute Gasteiger partial charge is 0.335 e. The number of alkyl halides is 3. The van der Waals surface area contributed by atoms with Gasteiger partial charge in [0.1, 0.15) is 0 Å². The summed E-state index contributed by atoms with van der Waals surface area (Å²) in [5.41, 5.74) is 1.98. The van der Waals surface area contributed by atoms with Gasteiger partial charge >= 0.3 is 6.18 Å². The minimum Gasteiger partial charge on any atom is -0.335 e. The summed E-state index contributed by atoms with van der Waals surface area (Å²) in [6, 6.07) is 31.4. The number of carbonyl (C=O) groups is 1. The van der Waals surface area contributed by atoms with Gasteiger partial charge in [-0.3, -0.25) is 9.69 Å². The minimum atomic E-state index is -4.67. The summed E-state index contributed by atoms with van der Waals surface area (Å²) in [5, 5.41) is 4.07. The number of carbonyl (C=O) groups excluding carboxylic acids is 1. The van der Waals surface area contributed by atoms with Crippen molar-refractivity contribution in [2.24, 2.45) is 0 Å². The van der Waals surface area contributed by atoms with Crippen molar-refractivity contribution in [1.82, 2.24) is 24.4 Å². The van der Waals surface area contributed by atoms with Crippen LogP contribution in [0.5, 0.6) is 0 Å². The molecule has 1 aliphatic rings. The number of benzene rings is 3. The molecule has 0 atom stereocenters. The van der Waals surface area contributed by atoms with E-state index in [0.717, 1.165) is 21.7 Å². The molecule has 3 aromatic carbocycles. The van der Waals surface area contributed by atoms with Crippen LogP contribution in [-0.4, -0.2) is 56.5 Å². The Kier molecular flexibility index (Phi) is 6.81. The molecule has 0 spiro atoms. The summed E-state index contributed by atoms with van der Waals surface area (Å²) in [7, 11) is 0. The molecule has 0 aliphatic carbocycles. The molecule has 9 heteroatoms. The van der Waals surface area contributed by atoms with Gasteiger partial charge in [-0.15, -0.1) is 0 Å². The number of aromatic nitrogens is 3. The van der Waals surface area contributed by atoms with Crippen molar-refractivity contribution in [3.05, 3.63) is 126 Å². The van der Waals surface area contributed by atoms with E-state index in [1.807, 2.05) is 36.4 Å². The summed E-state index contributed by atoms with van der Waals surface area (Å²) in [6.45, 7) is 2.07. The number of halogens is 3. The van der Waals surface area contributed by atoms with Crippen LogP contribution >= 0.6 is 0 Å². The van der Waals surface area contributed by atoms with Crippen molar-refractivity contribution in [2.45, 2.75) is 12.2 Å². The monoisotopic (exact) mass is 541 g/mol. The van der Waals surface area contributed by atoms with E-state index in [1.165, 1.54) is 6.07 Å². The maximum absolute atomic E-state index is 14.0. The van der Waals surface area contributed by atoms with Crippen molar-refractivity contribution in [3.8, 4) is 11.3 Å². The minimum absolute atomic E-state index is 0.0242. The third kappa shape index (κ3) is 5.08. The SMILES string of the molecule is O=C(c1cc2nc(-c3ccccc3)cc(C(F)(F)F)n2n1)N1CCN(C(c2ccccc2)c2ccccc2)CC1. The molecule has 202 valence electrons. The highest BCUT2D eigenvalue weighted by Gasteiger charge is 2.36. The predicted octanol–water partition coefficient (Wildman–Crippen LogP) is 5.96. The Hall–Kier alpha value is -4.50. The molecule has 1 aliphatic heterocycles. The lowest BCUT2D eigenvalue weighted by Gasteiger charge is -2.39. The van der Waals surface area contributed by atoms with Gasteiger partial charge in [-0.2, -0.15) is 18.3 Å². The molecule has 1 amide bonds. The zero-order valence-electron chi connectivity index (χ0n) is 21.5. The van der Waals surface area contributed by atoms with E-state index >= 15 is 0 Å². The van der Waals surface area contributed by atoms with E-state index in [9.17, 15) is 18.0 Å². The fourth-order valence-corrected chi connectivity index (χ4v) is 5.27. The zero-order chi connectivity index (χ0) is 27.7. The van der Waals surface area contributed by atoms with Gasteiger partial charge in [-0.25, -0.2) is 9.50 Å². The van der Waals surface area contributed by atoms with Crippen molar-refractivity contribution in [3.63, 3.8) is 0 Å². The molecule has 0 bridgehead atoms. The fraction of sp³-hybridized carbons (Fsp3) is 0.194. The Morgan fingerprint density at radius 1 is 0.750 bits per heavy atom. The lowest BCUT2D eigenvalue weighted by molar-refractivity contribution is -0.142. The summed E-state index contributed by atoms with van der Waals surface area (Å²) < 4.78 is 42.7. The molecule has 2 aromatic heterocycles. The summed E-state index contributed by atoms with van der Waals surface area (Å²) in [4.78, 5) is 21.8. The van der Waals surface area contributed by atoms with Crippen LogP contribution in [-0.2, 0) is 6.18 Å². The second-order valence-corrected chi connectivity index (χ2v) is 9.74. The first-order chi connectivity index (χ1) is 19.4. The van der Waals surface area contributed by atoms with Crippen LogP contribution in [0.25, 0.3) is 16.9 Å². The molecule has 0 unspecified atom stereocenters. The zero-order valence-corrected chi connectivity index (χ0v) is 21.5. The van der Waals surface area contributed by atoms with E-state index in [4.69, 9.17) is 0 Å². The van der Waals surface area contributed by atoms with Crippen LogP contribution in [0.3, 0.4) is 0 Å². The van der Waals surface area contributed by atoms with Crippen LogP contribution in [0, 0.1) is 0 Å². The number of hydrogen-bond acceptors (Lipinski definition) is 4. The van der Waals surface area contributed by atoms with Gasteiger partial charge in [-0.1, -0.05) is 91.0 Å². The van der Waals surface area contributed by atoms with E-state index in [1.54, 1.807) is 35.2 Å². The normalized spacial score (nSPS) is 14.7. The largest absolute Gasteiger partial charge is 0.433 e. The van der Waals surface area contributed by atoms with E-state index in [2.05, 4.69) is 39.2 Å². The maximum Gasteiger partial charge on any atom is 0.433 e. The number of nitrogens with zero attached hydrogens (tertiary/aromatic N) is 5. The van der Waals surface area contributed by atoms with Gasteiger partial charge in [0.25, 0.3) is 5.91 Å². The Bertz CT molecular complexity index is 1570. The highest BCUT2D eigenvalue weighted by Crippen LogP contribution is 2.33. The summed E-state index contributed by atoms with van der Waals surface area (Å²) in [5.74, 6) is -0.407. The van der Waals surface area contributed by atoms with Crippen LogP contribution in [0.4, 0.5) is 13.2 Å². The van der Waals surface area contributed by atoms with Crippen LogP contribution in [0.2, 0.25) is 0 Å². The molecular weight excluding hydrogens is 515 g/mol. The topological polar surface area (TPSA) is 53.7 Å². The second kappa shape index (κ2) is 10.6. The average Bonchev–Trinajstić information content (AvgIpc) is 3.42. The second-order valence-electron chi connectivity index (χ2n) is 9.74. The van der Waals surface area contributed by atoms with E-state index in [0.29, 0.717) is 31.7 Å². The Labute approximate surface area is 229 Å². The highest BCUT2D eigenvalue weighted by molar-refractivity contribution is 5.93. The van der Waals surface area contributed by atoms with Crippen molar-refractivity contribution >= 4 is 11.6 Å². The van der Waals surface area contributed by atoms with Gasteiger partial charge < -0.3 is 4.90 Å². The fourth-order valence-electron chi connectivity index (χ4n) is 5.27. The van der Waals surface area contributed by atoms with Gasteiger partial charge in [0.05, 0.1) is 11.7 Å². The molecular formula is C31H26F3N5O. The summed E-state index contributed by atoms with van der Waals surface area (Å²) >= 11 is 0. The number of fused-ring (bicyclic) bond motifs is 1. The Morgan fingerprint density at radius 2 is 1.30 bits per heavy atom. The first kappa shape index (κ1) is 25.8. The van der Waals surface area contributed by atoms with Gasteiger partial charge in [0.15, 0.2) is 17.0 Å². The Morgan fingerprint density at radius 3 is 1.85 bits per heavy atom. The molecule has 6 rings (SSSR count). The van der Waals surface area contributed by atoms with Gasteiger partial charge in [-0.05, 0) is 17.2 Å². The van der Waals surface area contributed by atoms with Crippen LogP contribution < -0.4 is 0 Å². The third-order valence-electron chi connectivity index (χ3n) is 7.20. The molecule has 5 aromatic rings. The molecule has 3 heterocycles. The van der Waals surface area contributed by atoms with Crippen LogP contribution in [0.1, 0.15) is 33.4 Å². The highest BCUT2D eigenvalue weighted by atomic mass is 19.4. The lowest BCUT2D eigenvalue weighted by Crippen LogP contribution is -2.50. The first-order valence-electron chi connectivity index (χ1n) is 13.0. The van der Waals surface area contributed by atoms with E-state index < -0.39 is 17.8 Å². The number of piperazine rings is 1. The van der Waals surface area contributed by atoms with Gasteiger partial charge in [0.2, 0.25) is 0 Å². The number of rotatable bonds is 5. The van der Waals surface area contributed by atoms with Gasteiger partial charge in [0, 0.05) is 37.8 Å². The lowest BCUT2D eigenvalue weighted by atomic mass is 9.96. The predicted molar refractivity (Wildman–Crippen MR) is 146 cm³/mol. The molecule has 0 radical (unpaired) electrons. The number of hydrogen-bond donors (Lipinski definition) is 0. The van der Waals surface area contributed by atoms with Crippen LogP contribution in [0.15, 0.2) is 103 Å². The molecule has 0 N–H and O–H groups in total. The van der Waals surface area contributed by atoms with E-state index in [-0.39, 0.29) is 23.1 Å². The maximum atomic E-state index is 14.0. The Balaban J connectivity index is 1.26. The van der Waals surface area contributed by atoms with Crippen molar-refractivity contribution in [1.29, 1.82) is 0 Å².